The number of amides is 2. The molecule has 158 valence electrons. The number of hydrogen-bond donors (Lipinski definition) is 1. The number of para-hydroxylation sites is 1. The van der Waals surface area contributed by atoms with E-state index in [1.165, 1.54) is 19.3 Å². The predicted octanol–water partition coefficient (Wildman–Crippen LogP) is 1.43. The molecule has 0 spiro atoms. The minimum absolute atomic E-state index is 0.0288. The molecule has 2 aliphatic heterocycles. The molecule has 7 nitrogen and oxygen atoms in total. The monoisotopic (exact) mass is 401 g/mol. The normalized spacial score (nSPS) is 24.2. The third-order valence-electron chi connectivity index (χ3n) is 6.33. The summed E-state index contributed by atoms with van der Waals surface area (Å²) in [7, 11) is 0. The summed E-state index contributed by atoms with van der Waals surface area (Å²) in [4.78, 5) is 29.0. The quantitative estimate of drug-likeness (QED) is 0.748. The molecular weight excluding hydrogens is 370 g/mol. The summed E-state index contributed by atoms with van der Waals surface area (Å²) in [5, 5.41) is 2.86. The summed E-state index contributed by atoms with van der Waals surface area (Å²) in [6.45, 7) is 3.17. The summed E-state index contributed by atoms with van der Waals surface area (Å²) in [6.07, 6.45) is 5.92. The third kappa shape index (κ3) is 5.28. The maximum absolute atomic E-state index is 12.4. The smallest absolute Gasteiger partial charge is 0.258 e. The fourth-order valence-corrected chi connectivity index (χ4v) is 4.38. The predicted molar refractivity (Wildman–Crippen MR) is 109 cm³/mol. The van der Waals surface area contributed by atoms with Gasteiger partial charge in [-0.3, -0.25) is 9.59 Å². The number of likely N-dealkylation sites (tertiary alicyclic amines) is 1. The zero-order valence-electron chi connectivity index (χ0n) is 16.9. The highest BCUT2D eigenvalue weighted by Gasteiger charge is 2.35. The topological polar surface area (TPSA) is 71.1 Å². The molecule has 0 aromatic heterocycles. The average Bonchev–Trinajstić information content (AvgIpc) is 2.72. The van der Waals surface area contributed by atoms with Gasteiger partial charge in [0.2, 0.25) is 5.91 Å². The molecule has 7 heteroatoms. The molecular formula is C22H31N3O4. The molecule has 1 saturated carbocycles. The van der Waals surface area contributed by atoms with E-state index in [4.69, 9.17) is 9.47 Å². The van der Waals surface area contributed by atoms with Crippen LogP contribution in [0.15, 0.2) is 30.3 Å². The highest BCUT2D eigenvalue weighted by molar-refractivity contribution is 5.79. The van der Waals surface area contributed by atoms with Crippen molar-refractivity contribution < 1.29 is 19.1 Å². The Labute approximate surface area is 172 Å². The summed E-state index contributed by atoms with van der Waals surface area (Å²) in [6, 6.07) is 10.3. The fraction of sp³-hybridized carbons (Fsp3) is 0.636. The maximum atomic E-state index is 12.4. The standard InChI is InChI=1S/C22H31N3O4/c26-21(15-28-19-7-2-1-3-8-19)23-13-20-14-25(22(27)16-29-20)18-9-11-24(12-10-18)17-5-4-6-17/h1-3,7-8,17-18,20H,4-6,9-16H2,(H,23,26)/t20-/m0/s1. The molecule has 29 heavy (non-hydrogen) atoms. The van der Waals surface area contributed by atoms with Crippen LogP contribution < -0.4 is 10.1 Å². The Hall–Kier alpha value is -2.12. The number of nitrogens with zero attached hydrogens (tertiary/aromatic N) is 2. The first kappa shape index (κ1) is 20.2. The van der Waals surface area contributed by atoms with Crippen molar-refractivity contribution in [2.45, 2.75) is 50.3 Å². The highest BCUT2D eigenvalue weighted by Crippen LogP contribution is 2.29. The van der Waals surface area contributed by atoms with Gasteiger partial charge in [-0.15, -0.1) is 0 Å². The van der Waals surface area contributed by atoms with Crippen LogP contribution in [0.5, 0.6) is 5.75 Å². The van der Waals surface area contributed by atoms with Crippen molar-refractivity contribution in [3.8, 4) is 5.75 Å². The van der Waals surface area contributed by atoms with E-state index in [-0.39, 0.29) is 31.1 Å². The first-order chi connectivity index (χ1) is 14.2. The molecule has 2 amide bonds. The summed E-state index contributed by atoms with van der Waals surface area (Å²) < 4.78 is 11.1. The van der Waals surface area contributed by atoms with Crippen molar-refractivity contribution in [1.82, 2.24) is 15.1 Å². The molecule has 1 aliphatic carbocycles. The van der Waals surface area contributed by atoms with E-state index in [0.717, 1.165) is 32.0 Å². The van der Waals surface area contributed by atoms with Gasteiger partial charge in [-0.05, 0) is 37.8 Å². The summed E-state index contributed by atoms with van der Waals surface area (Å²) >= 11 is 0. The Morgan fingerprint density at radius 2 is 1.86 bits per heavy atom. The van der Waals surface area contributed by atoms with Crippen LogP contribution in [-0.4, -0.2) is 79.2 Å². The van der Waals surface area contributed by atoms with Gasteiger partial charge in [0.25, 0.3) is 5.91 Å². The largest absolute Gasteiger partial charge is 0.484 e. The van der Waals surface area contributed by atoms with Crippen molar-refractivity contribution in [1.29, 1.82) is 0 Å². The van der Waals surface area contributed by atoms with E-state index in [1.807, 2.05) is 35.2 Å². The molecule has 0 unspecified atom stereocenters. The van der Waals surface area contributed by atoms with Gasteiger partial charge in [0.05, 0.1) is 6.10 Å². The molecule has 1 atom stereocenters. The SMILES string of the molecule is O=C(COc1ccccc1)NC[C@H]1CN(C2CCN(C3CCC3)CC2)C(=O)CO1. The van der Waals surface area contributed by atoms with Crippen molar-refractivity contribution in [2.75, 3.05) is 39.4 Å². The molecule has 2 heterocycles. The zero-order chi connectivity index (χ0) is 20.1. The first-order valence-electron chi connectivity index (χ1n) is 10.8. The number of benzene rings is 1. The van der Waals surface area contributed by atoms with Gasteiger partial charge in [0, 0.05) is 38.3 Å². The molecule has 1 aromatic carbocycles. The Morgan fingerprint density at radius 3 is 2.55 bits per heavy atom. The van der Waals surface area contributed by atoms with Crippen LogP contribution in [-0.2, 0) is 14.3 Å². The lowest BCUT2D eigenvalue weighted by atomic mass is 9.89. The van der Waals surface area contributed by atoms with Gasteiger partial charge in [-0.2, -0.15) is 0 Å². The van der Waals surface area contributed by atoms with E-state index in [1.54, 1.807) is 0 Å². The molecule has 3 fully saturated rings. The van der Waals surface area contributed by atoms with Crippen LogP contribution in [0, 0.1) is 0 Å². The second-order valence-electron chi connectivity index (χ2n) is 8.24. The van der Waals surface area contributed by atoms with Crippen molar-refractivity contribution in [3.63, 3.8) is 0 Å². The van der Waals surface area contributed by atoms with Crippen molar-refractivity contribution >= 4 is 11.8 Å². The van der Waals surface area contributed by atoms with E-state index in [2.05, 4.69) is 10.2 Å². The van der Waals surface area contributed by atoms with Crippen LogP contribution in [0.1, 0.15) is 32.1 Å². The van der Waals surface area contributed by atoms with Gasteiger partial charge in [-0.25, -0.2) is 0 Å². The van der Waals surface area contributed by atoms with E-state index in [9.17, 15) is 9.59 Å². The number of rotatable bonds is 7. The maximum Gasteiger partial charge on any atom is 0.258 e. The molecule has 4 rings (SSSR count). The molecule has 3 aliphatic rings. The fourth-order valence-electron chi connectivity index (χ4n) is 4.38. The Kier molecular flexibility index (Phi) is 6.67. The van der Waals surface area contributed by atoms with Crippen LogP contribution in [0.3, 0.4) is 0 Å². The minimum atomic E-state index is -0.185. The molecule has 2 saturated heterocycles. The third-order valence-corrected chi connectivity index (χ3v) is 6.33. The lowest BCUT2D eigenvalue weighted by Crippen LogP contribution is -2.57. The number of nitrogens with one attached hydrogen (secondary N) is 1. The van der Waals surface area contributed by atoms with Gasteiger partial charge in [-0.1, -0.05) is 24.6 Å². The van der Waals surface area contributed by atoms with Crippen LogP contribution in [0.2, 0.25) is 0 Å². The average molecular weight is 402 g/mol. The first-order valence-corrected chi connectivity index (χ1v) is 10.8. The van der Waals surface area contributed by atoms with Gasteiger partial charge in [0.15, 0.2) is 6.61 Å². The Bertz CT molecular complexity index is 687. The Morgan fingerprint density at radius 1 is 1.10 bits per heavy atom. The molecule has 1 aromatic rings. The molecule has 0 bridgehead atoms. The Balaban J connectivity index is 1.19. The van der Waals surface area contributed by atoms with Gasteiger partial charge in [0.1, 0.15) is 12.4 Å². The second kappa shape index (κ2) is 9.59. The van der Waals surface area contributed by atoms with E-state index in [0.29, 0.717) is 24.9 Å². The minimum Gasteiger partial charge on any atom is -0.484 e. The number of piperidine rings is 1. The van der Waals surface area contributed by atoms with Crippen LogP contribution in [0.4, 0.5) is 0 Å². The second-order valence-corrected chi connectivity index (χ2v) is 8.24. The summed E-state index contributed by atoms with van der Waals surface area (Å²) in [5.41, 5.74) is 0. The number of morpholine rings is 1. The number of ether oxygens (including phenoxy) is 2. The lowest BCUT2D eigenvalue weighted by molar-refractivity contribution is -0.153. The number of hydrogen-bond acceptors (Lipinski definition) is 5. The van der Waals surface area contributed by atoms with Crippen LogP contribution in [0.25, 0.3) is 0 Å². The number of carbonyl (C=O) groups excluding carboxylic acids is 2. The van der Waals surface area contributed by atoms with Gasteiger partial charge >= 0.3 is 0 Å². The zero-order valence-corrected chi connectivity index (χ0v) is 16.9. The van der Waals surface area contributed by atoms with Crippen molar-refractivity contribution in [2.24, 2.45) is 0 Å². The van der Waals surface area contributed by atoms with E-state index >= 15 is 0 Å². The highest BCUT2D eigenvalue weighted by atomic mass is 16.5. The molecule has 1 N–H and O–H groups in total. The summed E-state index contributed by atoms with van der Waals surface area (Å²) in [5.74, 6) is 0.554. The number of carbonyl (C=O) groups is 2. The lowest BCUT2D eigenvalue weighted by Gasteiger charge is -2.45. The van der Waals surface area contributed by atoms with E-state index < -0.39 is 0 Å². The van der Waals surface area contributed by atoms with Gasteiger partial charge < -0.3 is 24.6 Å². The molecule has 0 radical (unpaired) electrons. The van der Waals surface area contributed by atoms with Crippen LogP contribution >= 0.6 is 0 Å². The van der Waals surface area contributed by atoms with Crippen molar-refractivity contribution in [3.05, 3.63) is 30.3 Å².